The van der Waals surface area contributed by atoms with Gasteiger partial charge in [-0.15, -0.1) is 5.10 Å². The third-order valence-electron chi connectivity index (χ3n) is 1.69. The standard InChI is InChI=1S/C9H11F3N2O3S/c1-2-16-7(15)6-13-14-8(18-6)17-5-3-4-9(10,11)12/h2-5H2,1H3. The lowest BCUT2D eigenvalue weighted by Crippen LogP contribution is -2.09. The van der Waals surface area contributed by atoms with Gasteiger partial charge in [-0.2, -0.15) is 13.2 Å². The van der Waals surface area contributed by atoms with Gasteiger partial charge in [0.05, 0.1) is 13.2 Å². The lowest BCUT2D eigenvalue weighted by atomic mass is 10.3. The van der Waals surface area contributed by atoms with Crippen LogP contribution in [0, 0.1) is 0 Å². The molecular weight excluding hydrogens is 273 g/mol. The molecule has 1 heterocycles. The second-order valence-corrected chi connectivity index (χ2v) is 4.10. The van der Waals surface area contributed by atoms with Gasteiger partial charge in [0.1, 0.15) is 0 Å². The van der Waals surface area contributed by atoms with Crippen molar-refractivity contribution in [2.45, 2.75) is 25.9 Å². The number of rotatable bonds is 6. The topological polar surface area (TPSA) is 61.3 Å². The molecule has 0 aliphatic heterocycles. The van der Waals surface area contributed by atoms with Crippen molar-refractivity contribution in [1.29, 1.82) is 0 Å². The van der Waals surface area contributed by atoms with Crippen LogP contribution < -0.4 is 4.74 Å². The van der Waals surface area contributed by atoms with E-state index in [1.54, 1.807) is 6.92 Å². The molecule has 0 saturated carbocycles. The highest BCUT2D eigenvalue weighted by atomic mass is 32.1. The molecule has 102 valence electrons. The lowest BCUT2D eigenvalue weighted by molar-refractivity contribution is -0.136. The molecule has 1 aromatic rings. The largest absolute Gasteiger partial charge is 0.469 e. The van der Waals surface area contributed by atoms with Crippen LogP contribution in [-0.2, 0) is 4.74 Å². The van der Waals surface area contributed by atoms with Crippen LogP contribution in [0.5, 0.6) is 5.19 Å². The van der Waals surface area contributed by atoms with E-state index in [1.807, 2.05) is 0 Å². The molecule has 0 radical (unpaired) electrons. The fourth-order valence-corrected chi connectivity index (χ4v) is 1.59. The van der Waals surface area contributed by atoms with Gasteiger partial charge >= 0.3 is 12.1 Å². The van der Waals surface area contributed by atoms with E-state index in [0.717, 1.165) is 11.3 Å². The fraction of sp³-hybridized carbons (Fsp3) is 0.667. The number of ether oxygens (including phenoxy) is 2. The van der Waals surface area contributed by atoms with E-state index >= 15 is 0 Å². The van der Waals surface area contributed by atoms with Crippen LogP contribution >= 0.6 is 11.3 Å². The number of hydrogen-bond donors (Lipinski definition) is 0. The Morgan fingerprint density at radius 3 is 2.72 bits per heavy atom. The summed E-state index contributed by atoms with van der Waals surface area (Å²) >= 11 is 0.839. The molecule has 1 rings (SSSR count). The minimum absolute atomic E-state index is 0.0164. The predicted octanol–water partition coefficient (Wildman–Crippen LogP) is 2.44. The van der Waals surface area contributed by atoms with Crippen molar-refractivity contribution in [1.82, 2.24) is 10.2 Å². The zero-order chi connectivity index (χ0) is 13.6. The number of halogens is 3. The number of carbonyl (C=O) groups excluding carboxylic acids is 1. The molecule has 0 saturated heterocycles. The number of alkyl halides is 3. The number of nitrogens with zero attached hydrogens (tertiary/aromatic N) is 2. The summed E-state index contributed by atoms with van der Waals surface area (Å²) in [5.74, 6) is -0.625. The van der Waals surface area contributed by atoms with Crippen LogP contribution in [-0.4, -0.2) is 35.6 Å². The van der Waals surface area contributed by atoms with Crippen molar-refractivity contribution in [3.05, 3.63) is 5.01 Å². The SMILES string of the molecule is CCOC(=O)c1nnc(OCCCC(F)(F)F)s1. The molecule has 9 heteroatoms. The summed E-state index contributed by atoms with van der Waals surface area (Å²) in [6, 6.07) is 0. The van der Waals surface area contributed by atoms with Crippen LogP contribution in [0.3, 0.4) is 0 Å². The number of carbonyl (C=O) groups is 1. The molecule has 5 nitrogen and oxygen atoms in total. The molecule has 0 aliphatic carbocycles. The molecule has 18 heavy (non-hydrogen) atoms. The van der Waals surface area contributed by atoms with Crippen LogP contribution in [0.1, 0.15) is 29.6 Å². The first-order valence-corrected chi connectivity index (χ1v) is 5.94. The highest BCUT2D eigenvalue weighted by Gasteiger charge is 2.26. The van der Waals surface area contributed by atoms with Gasteiger partial charge in [0.15, 0.2) is 0 Å². The molecule has 0 fully saturated rings. The van der Waals surface area contributed by atoms with Crippen LogP contribution in [0.2, 0.25) is 0 Å². The summed E-state index contributed by atoms with van der Waals surface area (Å²) in [6.45, 7) is 1.73. The molecule has 0 aliphatic rings. The summed E-state index contributed by atoms with van der Waals surface area (Å²) in [5, 5.41) is 7.10. The normalized spacial score (nSPS) is 11.3. The average molecular weight is 284 g/mol. The predicted molar refractivity (Wildman–Crippen MR) is 56.6 cm³/mol. The maximum absolute atomic E-state index is 11.8. The first-order chi connectivity index (χ1) is 8.42. The van der Waals surface area contributed by atoms with Gasteiger partial charge in [0, 0.05) is 6.42 Å². The maximum atomic E-state index is 11.8. The third-order valence-corrected chi connectivity index (χ3v) is 2.50. The van der Waals surface area contributed by atoms with Crippen molar-refractivity contribution in [2.24, 2.45) is 0 Å². The van der Waals surface area contributed by atoms with E-state index < -0.39 is 18.6 Å². The van der Waals surface area contributed by atoms with Gasteiger partial charge in [-0.1, -0.05) is 5.10 Å². The Hall–Kier alpha value is -1.38. The van der Waals surface area contributed by atoms with Gasteiger partial charge in [-0.05, 0) is 24.7 Å². The maximum Gasteiger partial charge on any atom is 0.389 e. The van der Waals surface area contributed by atoms with Crippen LogP contribution in [0.15, 0.2) is 0 Å². The number of hydrogen-bond acceptors (Lipinski definition) is 6. The molecule has 0 amide bonds. The van der Waals surface area contributed by atoms with Crippen molar-refractivity contribution in [3.8, 4) is 5.19 Å². The van der Waals surface area contributed by atoms with Crippen molar-refractivity contribution in [3.63, 3.8) is 0 Å². The molecule has 0 spiro atoms. The Bertz CT molecular complexity index is 395. The van der Waals surface area contributed by atoms with E-state index in [2.05, 4.69) is 14.9 Å². The number of esters is 1. The molecule has 0 bridgehead atoms. The lowest BCUT2D eigenvalue weighted by Gasteiger charge is -2.05. The average Bonchev–Trinajstić information content (AvgIpc) is 2.72. The van der Waals surface area contributed by atoms with Gasteiger partial charge < -0.3 is 9.47 Å². The van der Waals surface area contributed by atoms with Crippen molar-refractivity contribution < 1.29 is 27.4 Å². The minimum atomic E-state index is -4.19. The van der Waals surface area contributed by atoms with E-state index in [0.29, 0.717) is 0 Å². The van der Waals surface area contributed by atoms with E-state index in [-0.39, 0.29) is 29.8 Å². The molecular formula is C9H11F3N2O3S. The van der Waals surface area contributed by atoms with Crippen molar-refractivity contribution in [2.75, 3.05) is 13.2 Å². The summed E-state index contributed by atoms with van der Waals surface area (Å²) in [5.41, 5.74) is 0. The van der Waals surface area contributed by atoms with Crippen LogP contribution in [0.4, 0.5) is 13.2 Å². The molecule has 0 unspecified atom stereocenters. The van der Waals surface area contributed by atoms with E-state index in [9.17, 15) is 18.0 Å². The zero-order valence-corrected chi connectivity index (χ0v) is 10.3. The highest BCUT2D eigenvalue weighted by molar-refractivity contribution is 7.14. The second kappa shape index (κ2) is 6.53. The Balaban J connectivity index is 2.33. The Morgan fingerprint density at radius 1 is 1.39 bits per heavy atom. The van der Waals surface area contributed by atoms with Gasteiger partial charge in [-0.3, -0.25) is 0 Å². The summed E-state index contributed by atoms with van der Waals surface area (Å²) in [4.78, 5) is 11.2. The summed E-state index contributed by atoms with van der Waals surface area (Å²) in [7, 11) is 0. The Morgan fingerprint density at radius 2 is 2.11 bits per heavy atom. The monoisotopic (exact) mass is 284 g/mol. The minimum Gasteiger partial charge on any atom is -0.469 e. The number of aromatic nitrogens is 2. The molecule has 0 atom stereocenters. The molecule has 0 aromatic carbocycles. The third kappa shape index (κ3) is 5.30. The van der Waals surface area contributed by atoms with Gasteiger partial charge in [0.25, 0.3) is 5.19 Å². The summed E-state index contributed by atoms with van der Waals surface area (Å²) < 4.78 is 45.1. The highest BCUT2D eigenvalue weighted by Crippen LogP contribution is 2.22. The molecule has 0 N–H and O–H groups in total. The van der Waals surface area contributed by atoms with E-state index in [1.165, 1.54) is 0 Å². The van der Waals surface area contributed by atoms with Crippen LogP contribution in [0.25, 0.3) is 0 Å². The van der Waals surface area contributed by atoms with Gasteiger partial charge in [-0.25, -0.2) is 4.79 Å². The van der Waals surface area contributed by atoms with Gasteiger partial charge in [0.2, 0.25) is 5.01 Å². The first-order valence-electron chi connectivity index (χ1n) is 5.12. The quantitative estimate of drug-likeness (QED) is 0.593. The Labute approximate surface area is 105 Å². The zero-order valence-electron chi connectivity index (χ0n) is 9.49. The smallest absolute Gasteiger partial charge is 0.389 e. The molecule has 1 aromatic heterocycles. The van der Waals surface area contributed by atoms with E-state index in [4.69, 9.17) is 4.74 Å². The summed E-state index contributed by atoms with van der Waals surface area (Å²) in [6.07, 6.45) is -5.28. The van der Waals surface area contributed by atoms with Crippen molar-refractivity contribution >= 4 is 17.3 Å². The fourth-order valence-electron chi connectivity index (χ4n) is 0.976. The Kier molecular flexibility index (Phi) is 5.32. The first kappa shape index (κ1) is 14.7. The second-order valence-electron chi connectivity index (χ2n) is 3.16.